The summed E-state index contributed by atoms with van der Waals surface area (Å²) in [5, 5.41) is 0. The van der Waals surface area contributed by atoms with Gasteiger partial charge in [-0.05, 0) is 116 Å². The Morgan fingerprint density at radius 1 is 0.689 bits per heavy atom. The van der Waals surface area contributed by atoms with Crippen LogP contribution in [0, 0.1) is 40.8 Å². The Hall–Kier alpha value is -4.14. The van der Waals surface area contributed by atoms with Crippen LogP contribution >= 0.6 is 0 Å². The highest BCUT2D eigenvalue weighted by atomic mass is 19.3. The van der Waals surface area contributed by atoms with Crippen LogP contribution in [0.25, 0.3) is 22.3 Å². The van der Waals surface area contributed by atoms with E-state index in [9.17, 15) is 30.7 Å². The van der Waals surface area contributed by atoms with Crippen LogP contribution in [0.5, 0.6) is 5.75 Å². The monoisotopic (exact) mass is 630 g/mol. The lowest BCUT2D eigenvalue weighted by molar-refractivity contribution is -0.187. The van der Waals surface area contributed by atoms with Crippen molar-refractivity contribution in [3.63, 3.8) is 0 Å². The maximum Gasteiger partial charge on any atom is 0.429 e. The largest absolute Gasteiger partial charge is 0.429 e. The lowest BCUT2D eigenvalue weighted by atomic mass is 9.77. The van der Waals surface area contributed by atoms with E-state index in [1.165, 1.54) is 12.1 Å². The lowest BCUT2D eigenvalue weighted by Crippen LogP contribution is -2.23. The van der Waals surface area contributed by atoms with E-state index in [1.54, 1.807) is 6.07 Å². The Bertz CT molecular complexity index is 1680. The Labute approximate surface area is 256 Å². The molecule has 1 aliphatic carbocycles. The molecule has 0 atom stereocenters. The topological polar surface area (TPSA) is 9.23 Å². The van der Waals surface area contributed by atoms with Crippen LogP contribution in [0.3, 0.4) is 0 Å². The fourth-order valence-electron chi connectivity index (χ4n) is 5.93. The fourth-order valence-corrected chi connectivity index (χ4v) is 5.93. The van der Waals surface area contributed by atoms with Gasteiger partial charge in [0.1, 0.15) is 23.2 Å². The predicted octanol–water partition coefficient (Wildman–Crippen LogP) is 11.6. The van der Waals surface area contributed by atoms with Crippen molar-refractivity contribution < 1.29 is 39.9 Å². The number of hydrogen-bond donors (Lipinski definition) is 0. The fraction of sp³-hybridized carbons (Fsp3) is 0.278. The molecule has 1 saturated carbocycles. The minimum absolute atomic E-state index is 0.0537. The van der Waals surface area contributed by atoms with Gasteiger partial charge < -0.3 is 4.74 Å². The van der Waals surface area contributed by atoms with E-state index in [1.807, 2.05) is 13.0 Å². The van der Waals surface area contributed by atoms with E-state index in [0.29, 0.717) is 24.1 Å². The van der Waals surface area contributed by atoms with Crippen LogP contribution < -0.4 is 4.74 Å². The Kier molecular flexibility index (Phi) is 9.65. The second-order valence-corrected chi connectivity index (χ2v) is 11.3. The second-order valence-electron chi connectivity index (χ2n) is 11.3. The summed E-state index contributed by atoms with van der Waals surface area (Å²) in [5.41, 5.74) is -0.973. The van der Waals surface area contributed by atoms with Gasteiger partial charge in [0.25, 0.3) is 0 Å². The highest BCUT2D eigenvalue weighted by Gasteiger charge is 2.38. The van der Waals surface area contributed by atoms with E-state index in [2.05, 4.69) is 10.8 Å². The molecule has 0 heterocycles. The number of allylic oxidation sites excluding steroid dienone is 2. The third kappa shape index (κ3) is 7.24. The number of alkyl halides is 2. The van der Waals surface area contributed by atoms with Crippen LogP contribution in [0.15, 0.2) is 78.9 Å². The molecule has 5 rings (SSSR count). The number of halogens is 8. The molecule has 1 aliphatic rings. The molecule has 0 spiro atoms. The average molecular weight is 631 g/mol. The standard InChI is InChI=1S/C36H30F8O/c1-2-3-4-5-21-6-8-22(9-7-21)23-10-13-27(30(37)16-23)24-11-15-29(32(39)17-24)36(43,44)45-26-12-14-28(31(38)20-26)25-18-33(40)35(42)34(41)19-25/h2-3,10-22H,4-9H2,1H3. The van der Waals surface area contributed by atoms with Gasteiger partial charge in [0.2, 0.25) is 0 Å². The summed E-state index contributed by atoms with van der Waals surface area (Å²) < 4.78 is 120. The van der Waals surface area contributed by atoms with Gasteiger partial charge >= 0.3 is 6.11 Å². The van der Waals surface area contributed by atoms with Crippen LogP contribution in [0.2, 0.25) is 0 Å². The maximum atomic E-state index is 15.2. The van der Waals surface area contributed by atoms with Crippen LogP contribution in [-0.4, -0.2) is 0 Å². The first-order valence-electron chi connectivity index (χ1n) is 14.7. The van der Waals surface area contributed by atoms with Crippen molar-refractivity contribution in [1.82, 2.24) is 0 Å². The van der Waals surface area contributed by atoms with E-state index in [0.717, 1.165) is 74.4 Å². The van der Waals surface area contributed by atoms with E-state index < -0.39 is 57.9 Å². The minimum atomic E-state index is -4.27. The molecule has 0 unspecified atom stereocenters. The van der Waals surface area contributed by atoms with Crippen molar-refractivity contribution in [3.8, 4) is 28.0 Å². The summed E-state index contributed by atoms with van der Waals surface area (Å²) in [6.45, 7) is 2.00. The van der Waals surface area contributed by atoms with Crippen molar-refractivity contribution in [2.75, 3.05) is 0 Å². The molecule has 45 heavy (non-hydrogen) atoms. The molecule has 0 bridgehead atoms. The predicted molar refractivity (Wildman–Crippen MR) is 157 cm³/mol. The van der Waals surface area contributed by atoms with Crippen molar-refractivity contribution >= 4 is 0 Å². The van der Waals surface area contributed by atoms with Gasteiger partial charge in [-0.25, -0.2) is 26.3 Å². The lowest BCUT2D eigenvalue weighted by Gasteiger charge is -2.29. The molecule has 0 N–H and O–H groups in total. The number of rotatable bonds is 9. The quantitative estimate of drug-likeness (QED) is 0.102. The number of benzene rings is 4. The zero-order valence-electron chi connectivity index (χ0n) is 24.3. The smallest absolute Gasteiger partial charge is 0.429 e. The summed E-state index contributed by atoms with van der Waals surface area (Å²) >= 11 is 0. The van der Waals surface area contributed by atoms with Crippen molar-refractivity contribution in [3.05, 3.63) is 125 Å². The SMILES string of the molecule is CC=CCCC1CCC(c2ccc(-c3ccc(C(F)(F)Oc4ccc(-c5cc(F)c(F)c(F)c5)c(F)c4)c(F)c3)c(F)c2)CC1. The summed E-state index contributed by atoms with van der Waals surface area (Å²) in [7, 11) is 0. The highest BCUT2D eigenvalue weighted by Crippen LogP contribution is 2.40. The molecule has 236 valence electrons. The Morgan fingerprint density at radius 2 is 1.31 bits per heavy atom. The van der Waals surface area contributed by atoms with Gasteiger partial charge in [0.15, 0.2) is 17.5 Å². The molecule has 1 nitrogen and oxygen atoms in total. The molecule has 1 fully saturated rings. The number of hydrogen-bond acceptors (Lipinski definition) is 1. The molecule has 9 heteroatoms. The van der Waals surface area contributed by atoms with E-state index >= 15 is 4.39 Å². The third-order valence-electron chi connectivity index (χ3n) is 8.36. The van der Waals surface area contributed by atoms with Crippen molar-refractivity contribution in [2.45, 2.75) is 57.5 Å². The van der Waals surface area contributed by atoms with Crippen molar-refractivity contribution in [2.24, 2.45) is 5.92 Å². The Balaban J connectivity index is 1.28. The number of ether oxygens (including phenoxy) is 1. The van der Waals surface area contributed by atoms with E-state index in [-0.39, 0.29) is 22.6 Å². The van der Waals surface area contributed by atoms with Crippen LogP contribution in [0.1, 0.15) is 62.5 Å². The molecule has 0 amide bonds. The van der Waals surface area contributed by atoms with Gasteiger partial charge in [0, 0.05) is 17.2 Å². The molecular formula is C36H30F8O. The molecular weight excluding hydrogens is 600 g/mol. The van der Waals surface area contributed by atoms with Gasteiger partial charge in [-0.2, -0.15) is 8.78 Å². The van der Waals surface area contributed by atoms with Gasteiger partial charge in [-0.3, -0.25) is 0 Å². The van der Waals surface area contributed by atoms with Gasteiger partial charge in [-0.15, -0.1) is 0 Å². The summed E-state index contributed by atoms with van der Waals surface area (Å²) in [5.74, 6) is -7.84. The summed E-state index contributed by atoms with van der Waals surface area (Å²) in [6.07, 6.45) is 6.18. The molecule has 4 aromatic rings. The van der Waals surface area contributed by atoms with Crippen molar-refractivity contribution in [1.29, 1.82) is 0 Å². The average Bonchev–Trinajstić information content (AvgIpc) is 3.00. The molecule has 0 aromatic heterocycles. The first kappa shape index (κ1) is 32.3. The Morgan fingerprint density at radius 3 is 1.93 bits per heavy atom. The van der Waals surface area contributed by atoms with Crippen LogP contribution in [0.4, 0.5) is 35.1 Å². The summed E-state index contributed by atoms with van der Waals surface area (Å²) in [4.78, 5) is 0. The zero-order valence-corrected chi connectivity index (χ0v) is 24.3. The van der Waals surface area contributed by atoms with E-state index in [4.69, 9.17) is 0 Å². The normalized spacial score (nSPS) is 17.2. The molecule has 4 aromatic carbocycles. The third-order valence-corrected chi connectivity index (χ3v) is 8.36. The molecule has 0 aliphatic heterocycles. The first-order chi connectivity index (χ1) is 21.5. The van der Waals surface area contributed by atoms with Gasteiger partial charge in [-0.1, -0.05) is 30.4 Å². The second kappa shape index (κ2) is 13.5. The van der Waals surface area contributed by atoms with Gasteiger partial charge in [0.05, 0.1) is 5.56 Å². The molecule has 0 saturated heterocycles. The molecule has 0 radical (unpaired) electrons. The zero-order chi connectivity index (χ0) is 32.3. The highest BCUT2D eigenvalue weighted by molar-refractivity contribution is 5.66. The summed E-state index contributed by atoms with van der Waals surface area (Å²) in [6, 6.07) is 10.9. The minimum Gasteiger partial charge on any atom is -0.429 e. The maximum absolute atomic E-state index is 15.2. The van der Waals surface area contributed by atoms with Crippen LogP contribution in [-0.2, 0) is 6.11 Å². The first-order valence-corrected chi connectivity index (χ1v) is 14.7.